The Morgan fingerprint density at radius 1 is 1.16 bits per heavy atom. The highest BCUT2D eigenvalue weighted by Gasteiger charge is 2.27. The van der Waals surface area contributed by atoms with E-state index in [1.54, 1.807) is 0 Å². The third kappa shape index (κ3) is 4.50. The van der Waals surface area contributed by atoms with Gasteiger partial charge in [-0.15, -0.1) is 0 Å². The SMILES string of the molecule is CCCC(CCC)C(=O)N1CCN(C(C)C#N)CC1. The monoisotopic (exact) mass is 265 g/mol. The fraction of sp³-hybridized carbons (Fsp3) is 0.867. The molecule has 0 N–H and O–H groups in total. The lowest BCUT2D eigenvalue weighted by Crippen LogP contribution is -2.52. The molecule has 0 aromatic heterocycles. The normalized spacial score (nSPS) is 18.4. The van der Waals surface area contributed by atoms with Crippen molar-refractivity contribution in [2.75, 3.05) is 26.2 Å². The van der Waals surface area contributed by atoms with Crippen LogP contribution in [-0.2, 0) is 4.79 Å². The van der Waals surface area contributed by atoms with Gasteiger partial charge in [0.1, 0.15) is 0 Å². The summed E-state index contributed by atoms with van der Waals surface area (Å²) < 4.78 is 0. The molecule has 19 heavy (non-hydrogen) atoms. The highest BCUT2D eigenvalue weighted by Crippen LogP contribution is 2.18. The second-order valence-electron chi connectivity index (χ2n) is 5.44. The molecule has 108 valence electrons. The number of carbonyl (C=O) groups is 1. The number of nitriles is 1. The summed E-state index contributed by atoms with van der Waals surface area (Å²) in [6, 6.07) is 2.22. The van der Waals surface area contributed by atoms with E-state index in [1.807, 2.05) is 11.8 Å². The van der Waals surface area contributed by atoms with Gasteiger partial charge in [0, 0.05) is 32.1 Å². The van der Waals surface area contributed by atoms with Gasteiger partial charge in [-0.3, -0.25) is 9.69 Å². The molecule has 0 radical (unpaired) electrons. The number of rotatable bonds is 6. The molecule has 1 atom stereocenters. The molecule has 0 saturated carbocycles. The van der Waals surface area contributed by atoms with Gasteiger partial charge < -0.3 is 4.90 Å². The van der Waals surface area contributed by atoms with Crippen LogP contribution in [-0.4, -0.2) is 47.9 Å². The molecule has 1 fully saturated rings. The van der Waals surface area contributed by atoms with Crippen molar-refractivity contribution in [1.29, 1.82) is 5.26 Å². The van der Waals surface area contributed by atoms with Crippen LogP contribution < -0.4 is 0 Å². The van der Waals surface area contributed by atoms with Crippen LogP contribution in [0.25, 0.3) is 0 Å². The highest BCUT2D eigenvalue weighted by atomic mass is 16.2. The predicted octanol–water partition coefficient (Wildman–Crippen LogP) is 2.26. The van der Waals surface area contributed by atoms with Gasteiger partial charge >= 0.3 is 0 Å². The smallest absolute Gasteiger partial charge is 0.225 e. The van der Waals surface area contributed by atoms with Crippen LogP contribution in [0.4, 0.5) is 0 Å². The lowest BCUT2D eigenvalue weighted by Gasteiger charge is -2.37. The van der Waals surface area contributed by atoms with Gasteiger partial charge in [-0.2, -0.15) is 5.26 Å². The summed E-state index contributed by atoms with van der Waals surface area (Å²) in [4.78, 5) is 16.6. The molecule has 1 rings (SSSR count). The van der Waals surface area contributed by atoms with Crippen molar-refractivity contribution in [3.63, 3.8) is 0 Å². The molecular weight excluding hydrogens is 238 g/mol. The number of hydrogen-bond donors (Lipinski definition) is 0. The number of carbonyl (C=O) groups excluding carboxylic acids is 1. The molecule has 1 heterocycles. The zero-order chi connectivity index (χ0) is 14.3. The van der Waals surface area contributed by atoms with Crippen LogP contribution in [0.5, 0.6) is 0 Å². The van der Waals surface area contributed by atoms with Crippen molar-refractivity contribution in [2.45, 2.75) is 52.5 Å². The largest absolute Gasteiger partial charge is 0.340 e. The topological polar surface area (TPSA) is 47.3 Å². The zero-order valence-corrected chi connectivity index (χ0v) is 12.6. The Hall–Kier alpha value is -1.08. The lowest BCUT2D eigenvalue weighted by atomic mass is 9.96. The summed E-state index contributed by atoms with van der Waals surface area (Å²) in [6.07, 6.45) is 4.15. The molecule has 0 aromatic carbocycles. The molecule has 4 heteroatoms. The number of piperazine rings is 1. The van der Waals surface area contributed by atoms with Gasteiger partial charge in [0.2, 0.25) is 5.91 Å². The third-order valence-corrected chi connectivity index (χ3v) is 3.98. The molecule has 1 aliphatic rings. The molecule has 0 spiro atoms. The lowest BCUT2D eigenvalue weighted by molar-refractivity contribution is -0.138. The Morgan fingerprint density at radius 3 is 2.11 bits per heavy atom. The van der Waals surface area contributed by atoms with Crippen LogP contribution in [0, 0.1) is 17.2 Å². The molecular formula is C15H27N3O. The third-order valence-electron chi connectivity index (χ3n) is 3.98. The molecule has 1 amide bonds. The van der Waals surface area contributed by atoms with Gasteiger partial charge in [-0.1, -0.05) is 26.7 Å². The maximum Gasteiger partial charge on any atom is 0.225 e. The van der Waals surface area contributed by atoms with E-state index in [9.17, 15) is 4.79 Å². The van der Waals surface area contributed by atoms with Crippen LogP contribution in [0.1, 0.15) is 46.5 Å². The first-order chi connectivity index (χ1) is 9.13. The molecule has 0 aromatic rings. The van der Waals surface area contributed by atoms with E-state index in [0.717, 1.165) is 51.9 Å². The van der Waals surface area contributed by atoms with E-state index in [-0.39, 0.29) is 12.0 Å². The average Bonchev–Trinajstić information content (AvgIpc) is 2.45. The number of nitrogens with zero attached hydrogens (tertiary/aromatic N) is 3. The molecule has 0 aliphatic carbocycles. The zero-order valence-electron chi connectivity index (χ0n) is 12.6. The first kappa shape index (κ1) is 16.0. The van der Waals surface area contributed by atoms with Gasteiger partial charge in [-0.25, -0.2) is 0 Å². The van der Waals surface area contributed by atoms with E-state index in [2.05, 4.69) is 24.8 Å². The van der Waals surface area contributed by atoms with Crippen LogP contribution in [0.2, 0.25) is 0 Å². The second kappa shape index (κ2) is 8.16. The van der Waals surface area contributed by atoms with Crippen molar-refractivity contribution in [3.05, 3.63) is 0 Å². The van der Waals surface area contributed by atoms with Crippen LogP contribution >= 0.6 is 0 Å². The van der Waals surface area contributed by atoms with E-state index in [1.165, 1.54) is 0 Å². The van der Waals surface area contributed by atoms with Crippen molar-refractivity contribution in [3.8, 4) is 6.07 Å². The highest BCUT2D eigenvalue weighted by molar-refractivity contribution is 5.78. The quantitative estimate of drug-likeness (QED) is 0.740. The predicted molar refractivity (Wildman–Crippen MR) is 76.5 cm³/mol. The maximum atomic E-state index is 12.5. The molecule has 4 nitrogen and oxygen atoms in total. The molecule has 1 aliphatic heterocycles. The van der Waals surface area contributed by atoms with Gasteiger partial charge in [0.05, 0.1) is 12.1 Å². The second-order valence-corrected chi connectivity index (χ2v) is 5.44. The summed E-state index contributed by atoms with van der Waals surface area (Å²) in [5.74, 6) is 0.530. The molecule has 1 saturated heterocycles. The fourth-order valence-corrected chi connectivity index (χ4v) is 2.76. The summed E-state index contributed by atoms with van der Waals surface area (Å²) >= 11 is 0. The average molecular weight is 265 g/mol. The number of amides is 1. The molecule has 1 unspecified atom stereocenters. The van der Waals surface area contributed by atoms with Crippen molar-refractivity contribution in [1.82, 2.24) is 9.80 Å². The Kier molecular flexibility index (Phi) is 6.86. The fourth-order valence-electron chi connectivity index (χ4n) is 2.76. The Labute approximate surface area is 117 Å². The van der Waals surface area contributed by atoms with Crippen molar-refractivity contribution in [2.24, 2.45) is 5.92 Å². The minimum atomic E-state index is -0.0423. The summed E-state index contributed by atoms with van der Waals surface area (Å²) in [5, 5.41) is 8.92. The number of hydrogen-bond acceptors (Lipinski definition) is 3. The summed E-state index contributed by atoms with van der Waals surface area (Å²) in [6.45, 7) is 9.40. The van der Waals surface area contributed by atoms with E-state index >= 15 is 0 Å². The van der Waals surface area contributed by atoms with Gasteiger partial charge in [-0.05, 0) is 19.8 Å². The Balaban J connectivity index is 2.49. The van der Waals surface area contributed by atoms with Crippen LogP contribution in [0.15, 0.2) is 0 Å². The van der Waals surface area contributed by atoms with Crippen molar-refractivity contribution < 1.29 is 4.79 Å². The summed E-state index contributed by atoms with van der Waals surface area (Å²) in [5.41, 5.74) is 0. The first-order valence-corrected chi connectivity index (χ1v) is 7.56. The van der Waals surface area contributed by atoms with E-state index < -0.39 is 0 Å². The van der Waals surface area contributed by atoms with E-state index in [4.69, 9.17) is 5.26 Å². The van der Waals surface area contributed by atoms with Crippen molar-refractivity contribution >= 4 is 5.91 Å². The van der Waals surface area contributed by atoms with Crippen LogP contribution in [0.3, 0.4) is 0 Å². The van der Waals surface area contributed by atoms with Gasteiger partial charge in [0.15, 0.2) is 0 Å². The van der Waals surface area contributed by atoms with Gasteiger partial charge in [0.25, 0.3) is 0 Å². The molecule has 0 bridgehead atoms. The minimum absolute atomic E-state index is 0.0423. The minimum Gasteiger partial charge on any atom is -0.340 e. The van der Waals surface area contributed by atoms with E-state index in [0.29, 0.717) is 5.91 Å². The summed E-state index contributed by atoms with van der Waals surface area (Å²) in [7, 11) is 0. The Morgan fingerprint density at radius 2 is 1.68 bits per heavy atom. The first-order valence-electron chi connectivity index (χ1n) is 7.56. The Bertz CT molecular complexity index is 310. The maximum absolute atomic E-state index is 12.5. The standard InChI is InChI=1S/C15H27N3O/c1-4-6-14(7-5-2)15(19)18-10-8-17(9-11-18)13(3)12-16/h13-14H,4-11H2,1-3H3.